The van der Waals surface area contributed by atoms with Crippen molar-refractivity contribution in [2.24, 2.45) is 5.92 Å². The molecule has 1 aromatic rings. The van der Waals surface area contributed by atoms with E-state index in [1.54, 1.807) is 0 Å². The highest BCUT2D eigenvalue weighted by Gasteiger charge is 2.13. The summed E-state index contributed by atoms with van der Waals surface area (Å²) >= 11 is 0. The lowest BCUT2D eigenvalue weighted by atomic mass is 10.0. The van der Waals surface area contributed by atoms with Crippen LogP contribution in [-0.2, 0) is 16.0 Å². The zero-order chi connectivity index (χ0) is 14.3. The maximum absolute atomic E-state index is 11.8. The fourth-order valence-corrected chi connectivity index (χ4v) is 1.91. The molecule has 4 nitrogen and oxygen atoms in total. The van der Waals surface area contributed by atoms with Crippen LogP contribution in [0.3, 0.4) is 0 Å². The van der Waals surface area contributed by atoms with Crippen molar-refractivity contribution in [3.8, 4) is 0 Å². The standard InChI is InChI=1S/C15H21NO3/c1-3-12(8-15(18)19)10-16-14(17)9-13-7-5-4-6-11(13)2/h4-7,12H,3,8-10H2,1-2H3,(H,16,17)(H,18,19). The smallest absolute Gasteiger partial charge is 0.303 e. The largest absolute Gasteiger partial charge is 0.481 e. The quantitative estimate of drug-likeness (QED) is 0.792. The van der Waals surface area contributed by atoms with Gasteiger partial charge in [0.15, 0.2) is 0 Å². The topological polar surface area (TPSA) is 66.4 Å². The van der Waals surface area contributed by atoms with Gasteiger partial charge in [-0.15, -0.1) is 0 Å². The van der Waals surface area contributed by atoms with Crippen LogP contribution in [0.4, 0.5) is 0 Å². The van der Waals surface area contributed by atoms with Crippen LogP contribution in [0.2, 0.25) is 0 Å². The summed E-state index contributed by atoms with van der Waals surface area (Å²) in [5.74, 6) is -0.878. The van der Waals surface area contributed by atoms with Crippen molar-refractivity contribution in [1.29, 1.82) is 0 Å². The second kappa shape index (κ2) is 7.56. The molecule has 1 unspecified atom stereocenters. The first kappa shape index (κ1) is 15.2. The number of nitrogens with one attached hydrogen (secondary N) is 1. The van der Waals surface area contributed by atoms with Crippen molar-refractivity contribution in [2.45, 2.75) is 33.1 Å². The number of carboxylic acid groups (broad SMARTS) is 1. The summed E-state index contributed by atoms with van der Waals surface area (Å²) < 4.78 is 0. The Balaban J connectivity index is 2.43. The Morgan fingerprint density at radius 3 is 2.58 bits per heavy atom. The molecule has 2 N–H and O–H groups in total. The van der Waals surface area contributed by atoms with Crippen LogP contribution >= 0.6 is 0 Å². The zero-order valence-electron chi connectivity index (χ0n) is 11.5. The number of benzene rings is 1. The van der Waals surface area contributed by atoms with E-state index in [0.29, 0.717) is 13.0 Å². The van der Waals surface area contributed by atoms with E-state index < -0.39 is 5.97 Å². The minimum atomic E-state index is -0.819. The van der Waals surface area contributed by atoms with Gasteiger partial charge in [0.1, 0.15) is 0 Å². The molecule has 0 spiro atoms. The Morgan fingerprint density at radius 1 is 1.32 bits per heavy atom. The van der Waals surface area contributed by atoms with Crippen LogP contribution in [0.25, 0.3) is 0 Å². The fraction of sp³-hybridized carbons (Fsp3) is 0.467. The zero-order valence-corrected chi connectivity index (χ0v) is 11.5. The van der Waals surface area contributed by atoms with Gasteiger partial charge in [0.05, 0.1) is 6.42 Å². The maximum atomic E-state index is 11.8. The molecular formula is C15H21NO3. The van der Waals surface area contributed by atoms with E-state index >= 15 is 0 Å². The molecule has 4 heteroatoms. The van der Waals surface area contributed by atoms with E-state index in [9.17, 15) is 9.59 Å². The van der Waals surface area contributed by atoms with Crippen LogP contribution in [0, 0.1) is 12.8 Å². The Kier molecular flexibility index (Phi) is 6.06. The van der Waals surface area contributed by atoms with Crippen molar-refractivity contribution in [3.05, 3.63) is 35.4 Å². The minimum absolute atomic E-state index is 0.00156. The maximum Gasteiger partial charge on any atom is 0.303 e. The number of aliphatic carboxylic acids is 1. The first-order valence-electron chi connectivity index (χ1n) is 6.56. The SMILES string of the molecule is CCC(CNC(=O)Cc1ccccc1C)CC(=O)O. The molecule has 0 aliphatic carbocycles. The lowest BCUT2D eigenvalue weighted by molar-refractivity contribution is -0.138. The van der Waals surface area contributed by atoms with Crippen LogP contribution in [0.5, 0.6) is 0 Å². The third-order valence-electron chi connectivity index (χ3n) is 3.24. The Bertz CT molecular complexity index is 443. The molecular weight excluding hydrogens is 242 g/mol. The van der Waals surface area contributed by atoms with Crippen molar-refractivity contribution in [2.75, 3.05) is 6.54 Å². The Labute approximate surface area is 113 Å². The lowest BCUT2D eigenvalue weighted by Gasteiger charge is -2.13. The normalized spacial score (nSPS) is 11.9. The number of amides is 1. The van der Waals surface area contributed by atoms with E-state index in [1.807, 2.05) is 38.1 Å². The average molecular weight is 263 g/mol. The lowest BCUT2D eigenvalue weighted by Crippen LogP contribution is -2.31. The summed E-state index contributed by atoms with van der Waals surface area (Å²) in [6, 6.07) is 7.76. The second-order valence-electron chi connectivity index (χ2n) is 4.78. The van der Waals surface area contributed by atoms with Crippen LogP contribution in [-0.4, -0.2) is 23.5 Å². The van der Waals surface area contributed by atoms with Crippen LogP contribution in [0.15, 0.2) is 24.3 Å². The highest BCUT2D eigenvalue weighted by Crippen LogP contribution is 2.09. The predicted molar refractivity (Wildman–Crippen MR) is 73.9 cm³/mol. The van der Waals surface area contributed by atoms with Crippen molar-refractivity contribution < 1.29 is 14.7 Å². The fourth-order valence-electron chi connectivity index (χ4n) is 1.91. The molecule has 0 heterocycles. The van der Waals surface area contributed by atoms with Gasteiger partial charge in [0.25, 0.3) is 0 Å². The molecule has 0 radical (unpaired) electrons. The van der Waals surface area contributed by atoms with E-state index in [2.05, 4.69) is 5.32 Å². The molecule has 19 heavy (non-hydrogen) atoms. The highest BCUT2D eigenvalue weighted by molar-refractivity contribution is 5.79. The number of aryl methyl sites for hydroxylation is 1. The monoisotopic (exact) mass is 263 g/mol. The molecule has 0 aliphatic rings. The van der Waals surface area contributed by atoms with Crippen molar-refractivity contribution in [3.63, 3.8) is 0 Å². The van der Waals surface area contributed by atoms with Gasteiger partial charge in [-0.2, -0.15) is 0 Å². The number of carbonyl (C=O) groups is 2. The molecule has 1 rings (SSSR count). The van der Waals surface area contributed by atoms with Gasteiger partial charge in [-0.05, 0) is 24.0 Å². The Morgan fingerprint density at radius 2 is 2.00 bits per heavy atom. The van der Waals surface area contributed by atoms with Crippen molar-refractivity contribution in [1.82, 2.24) is 5.32 Å². The van der Waals surface area contributed by atoms with Gasteiger partial charge < -0.3 is 10.4 Å². The molecule has 1 atom stereocenters. The van der Waals surface area contributed by atoms with Gasteiger partial charge in [-0.25, -0.2) is 0 Å². The summed E-state index contributed by atoms with van der Waals surface area (Å²) in [7, 11) is 0. The van der Waals surface area contributed by atoms with E-state index in [0.717, 1.165) is 17.5 Å². The molecule has 1 amide bonds. The van der Waals surface area contributed by atoms with Crippen LogP contribution < -0.4 is 5.32 Å². The first-order valence-corrected chi connectivity index (χ1v) is 6.56. The average Bonchev–Trinajstić information content (AvgIpc) is 2.37. The van der Waals surface area contributed by atoms with Gasteiger partial charge in [0, 0.05) is 13.0 Å². The number of rotatable bonds is 7. The van der Waals surface area contributed by atoms with E-state index in [4.69, 9.17) is 5.11 Å². The summed E-state index contributed by atoms with van der Waals surface area (Å²) in [5.41, 5.74) is 2.10. The Hall–Kier alpha value is -1.84. The molecule has 0 bridgehead atoms. The van der Waals surface area contributed by atoms with E-state index in [1.165, 1.54) is 0 Å². The highest BCUT2D eigenvalue weighted by atomic mass is 16.4. The number of hydrogen-bond acceptors (Lipinski definition) is 2. The molecule has 0 saturated heterocycles. The number of carboxylic acids is 1. The third-order valence-corrected chi connectivity index (χ3v) is 3.24. The minimum Gasteiger partial charge on any atom is -0.481 e. The molecule has 1 aromatic carbocycles. The molecule has 0 aliphatic heterocycles. The van der Waals surface area contributed by atoms with Crippen molar-refractivity contribution >= 4 is 11.9 Å². The predicted octanol–water partition coefficient (Wildman–Crippen LogP) is 2.15. The van der Waals surface area contributed by atoms with Crippen LogP contribution in [0.1, 0.15) is 30.9 Å². The van der Waals surface area contributed by atoms with Gasteiger partial charge in [-0.3, -0.25) is 9.59 Å². The summed E-state index contributed by atoms with van der Waals surface area (Å²) in [6.45, 7) is 4.33. The summed E-state index contributed by atoms with van der Waals surface area (Å²) in [4.78, 5) is 22.4. The first-order chi connectivity index (χ1) is 9.02. The van der Waals surface area contributed by atoms with Gasteiger partial charge in [0.2, 0.25) is 5.91 Å². The third kappa shape index (κ3) is 5.55. The molecule has 0 fully saturated rings. The second-order valence-corrected chi connectivity index (χ2v) is 4.78. The van der Waals surface area contributed by atoms with Gasteiger partial charge in [-0.1, -0.05) is 37.6 Å². The molecule has 0 saturated carbocycles. The summed E-state index contributed by atoms with van der Waals surface area (Å²) in [5, 5.41) is 11.6. The summed E-state index contributed by atoms with van der Waals surface area (Å²) in [6.07, 6.45) is 1.19. The van der Waals surface area contributed by atoms with E-state index in [-0.39, 0.29) is 18.2 Å². The molecule has 104 valence electrons. The number of hydrogen-bond donors (Lipinski definition) is 2. The molecule has 0 aromatic heterocycles. The van der Waals surface area contributed by atoms with Gasteiger partial charge >= 0.3 is 5.97 Å². The number of carbonyl (C=O) groups excluding carboxylic acids is 1.